The lowest BCUT2D eigenvalue weighted by Crippen LogP contribution is -2.56. The third kappa shape index (κ3) is 4.85. The molecule has 0 spiro atoms. The summed E-state index contributed by atoms with van der Waals surface area (Å²) in [6, 6.07) is 5.07. The van der Waals surface area contributed by atoms with E-state index in [1.165, 1.54) is 12.1 Å². The fraction of sp³-hybridized carbons (Fsp3) is 0.562. The average Bonchev–Trinajstić information content (AvgIpc) is 2.59. The van der Waals surface area contributed by atoms with Crippen molar-refractivity contribution >= 4 is 5.97 Å². The molecule has 0 saturated carbocycles. The van der Waals surface area contributed by atoms with Gasteiger partial charge in [-0.25, -0.2) is 18.0 Å². The second-order valence-corrected chi connectivity index (χ2v) is 5.50. The molecule has 0 aliphatic rings. The SMILES string of the molecule is CCCCc1ccc(C(=O)OC(F)C(F)(F)C(F)(F)C(F)C(F)F)cc1. The summed E-state index contributed by atoms with van der Waals surface area (Å²) >= 11 is 0. The van der Waals surface area contributed by atoms with E-state index >= 15 is 0 Å². The Labute approximate surface area is 144 Å². The Balaban J connectivity index is 2.84. The molecule has 0 N–H and O–H groups in total. The van der Waals surface area contributed by atoms with Gasteiger partial charge in [0.05, 0.1) is 5.56 Å². The lowest BCUT2D eigenvalue weighted by Gasteiger charge is -2.30. The highest BCUT2D eigenvalue weighted by Crippen LogP contribution is 2.44. The Kier molecular flexibility index (Phi) is 7.40. The summed E-state index contributed by atoms with van der Waals surface area (Å²) in [5.41, 5.74) is 0.368. The maximum absolute atomic E-state index is 13.4. The van der Waals surface area contributed by atoms with Gasteiger partial charge in [0.1, 0.15) is 0 Å². The second kappa shape index (κ2) is 8.68. The molecule has 2 unspecified atom stereocenters. The molecule has 0 heterocycles. The quantitative estimate of drug-likeness (QED) is 0.418. The van der Waals surface area contributed by atoms with Gasteiger partial charge in [0.25, 0.3) is 6.43 Å². The van der Waals surface area contributed by atoms with E-state index in [9.17, 15) is 39.9 Å². The first-order valence-electron chi connectivity index (χ1n) is 7.57. The number of halogens is 8. The first-order valence-corrected chi connectivity index (χ1v) is 7.57. The van der Waals surface area contributed by atoms with E-state index in [0.717, 1.165) is 30.5 Å². The number of unbranched alkanes of at least 4 members (excludes halogenated alkanes) is 1. The van der Waals surface area contributed by atoms with Gasteiger partial charge >= 0.3 is 24.2 Å². The Morgan fingerprint density at radius 1 is 1.00 bits per heavy atom. The fourth-order valence-corrected chi connectivity index (χ4v) is 1.92. The Hall–Kier alpha value is -1.87. The van der Waals surface area contributed by atoms with Crippen molar-refractivity contribution < 1.29 is 44.7 Å². The minimum atomic E-state index is -6.08. The number of rotatable bonds is 9. The molecule has 0 aliphatic carbocycles. The van der Waals surface area contributed by atoms with Crippen LogP contribution in [0.5, 0.6) is 0 Å². The number of benzene rings is 1. The molecule has 0 fully saturated rings. The molecule has 1 rings (SSSR count). The summed E-state index contributed by atoms with van der Waals surface area (Å²) in [6.45, 7) is 1.94. The molecule has 148 valence electrons. The largest absolute Gasteiger partial charge is 0.420 e. The van der Waals surface area contributed by atoms with Gasteiger partial charge in [-0.3, -0.25) is 0 Å². The maximum Gasteiger partial charge on any atom is 0.378 e. The molecule has 0 bridgehead atoms. The summed E-state index contributed by atoms with van der Waals surface area (Å²) in [6.07, 6.45) is -11.0. The number of alkyl halides is 8. The van der Waals surface area contributed by atoms with E-state index in [1.54, 1.807) is 0 Å². The van der Waals surface area contributed by atoms with E-state index in [2.05, 4.69) is 4.74 Å². The highest BCUT2D eigenvalue weighted by atomic mass is 19.3. The van der Waals surface area contributed by atoms with Crippen LogP contribution in [0, 0.1) is 0 Å². The number of carbonyl (C=O) groups excluding carboxylic acids is 1. The van der Waals surface area contributed by atoms with E-state index in [4.69, 9.17) is 0 Å². The van der Waals surface area contributed by atoms with Gasteiger partial charge in [-0.1, -0.05) is 25.5 Å². The van der Waals surface area contributed by atoms with Crippen LogP contribution in [-0.4, -0.2) is 36.8 Å². The highest BCUT2D eigenvalue weighted by molar-refractivity contribution is 5.89. The van der Waals surface area contributed by atoms with E-state index < -0.39 is 42.3 Å². The summed E-state index contributed by atoms with van der Waals surface area (Å²) in [5.74, 6) is -13.8. The summed E-state index contributed by atoms with van der Waals surface area (Å²) in [5, 5.41) is 0. The van der Waals surface area contributed by atoms with Gasteiger partial charge < -0.3 is 4.74 Å². The van der Waals surface area contributed by atoms with Crippen molar-refractivity contribution in [2.75, 3.05) is 0 Å². The van der Waals surface area contributed by atoms with Gasteiger partial charge in [0.15, 0.2) is 0 Å². The van der Waals surface area contributed by atoms with Gasteiger partial charge in [-0.15, -0.1) is 0 Å². The molecule has 1 aromatic rings. The highest BCUT2D eigenvalue weighted by Gasteiger charge is 2.70. The third-order valence-electron chi connectivity index (χ3n) is 3.52. The molecule has 10 heteroatoms. The number of aryl methyl sites for hydroxylation is 1. The Morgan fingerprint density at radius 3 is 2.00 bits per heavy atom. The third-order valence-corrected chi connectivity index (χ3v) is 3.52. The van der Waals surface area contributed by atoms with E-state index in [1.807, 2.05) is 6.92 Å². The fourth-order valence-electron chi connectivity index (χ4n) is 1.92. The van der Waals surface area contributed by atoms with E-state index in [-0.39, 0.29) is 0 Å². The van der Waals surface area contributed by atoms with Crippen LogP contribution >= 0.6 is 0 Å². The summed E-state index contributed by atoms with van der Waals surface area (Å²) < 4.78 is 106. The predicted octanol–water partition coefficient (Wildman–Crippen LogP) is 5.36. The Morgan fingerprint density at radius 2 is 1.54 bits per heavy atom. The predicted molar refractivity (Wildman–Crippen MR) is 76.2 cm³/mol. The van der Waals surface area contributed by atoms with Crippen molar-refractivity contribution in [2.24, 2.45) is 0 Å². The van der Waals surface area contributed by atoms with Gasteiger partial charge in [0, 0.05) is 0 Å². The van der Waals surface area contributed by atoms with Crippen molar-refractivity contribution in [3.05, 3.63) is 35.4 Å². The van der Waals surface area contributed by atoms with Crippen LogP contribution in [0.15, 0.2) is 24.3 Å². The molecule has 2 atom stereocenters. The van der Waals surface area contributed by atoms with Gasteiger partial charge in [-0.05, 0) is 30.5 Å². The number of esters is 1. The van der Waals surface area contributed by atoms with Crippen molar-refractivity contribution in [3.8, 4) is 0 Å². The van der Waals surface area contributed by atoms with Crippen LogP contribution in [0.4, 0.5) is 35.1 Å². The van der Waals surface area contributed by atoms with Crippen LogP contribution in [0.2, 0.25) is 0 Å². The maximum atomic E-state index is 13.4. The molecule has 0 aromatic heterocycles. The lowest BCUT2D eigenvalue weighted by atomic mass is 10.1. The standard InChI is InChI=1S/C16H16F8O2/c1-2-3-4-9-5-7-10(8-6-9)13(25)26-14(20)16(23,24)15(21,22)11(17)12(18)19/h5-8,11-12,14H,2-4H2,1H3. The van der Waals surface area contributed by atoms with Gasteiger partial charge in [-0.2, -0.15) is 22.0 Å². The zero-order valence-electron chi connectivity index (χ0n) is 13.5. The van der Waals surface area contributed by atoms with Crippen LogP contribution in [0.1, 0.15) is 35.7 Å². The zero-order chi connectivity index (χ0) is 20.1. The van der Waals surface area contributed by atoms with Crippen molar-refractivity contribution in [2.45, 2.75) is 57.0 Å². The minimum Gasteiger partial charge on any atom is -0.420 e. The first-order chi connectivity index (χ1) is 11.9. The molecular weight excluding hydrogens is 376 g/mol. The Bertz CT molecular complexity index is 588. The van der Waals surface area contributed by atoms with Crippen molar-refractivity contribution in [1.29, 1.82) is 0 Å². The molecule has 2 nitrogen and oxygen atoms in total. The normalized spacial score (nSPS) is 15.0. The monoisotopic (exact) mass is 392 g/mol. The van der Waals surface area contributed by atoms with E-state index in [0.29, 0.717) is 6.42 Å². The average molecular weight is 392 g/mol. The second-order valence-electron chi connectivity index (χ2n) is 5.50. The minimum absolute atomic E-state index is 0.419. The topological polar surface area (TPSA) is 26.3 Å². The van der Waals surface area contributed by atoms with Crippen LogP contribution in [0.3, 0.4) is 0 Å². The molecule has 26 heavy (non-hydrogen) atoms. The number of hydrogen-bond donors (Lipinski definition) is 0. The molecule has 0 radical (unpaired) electrons. The number of carbonyl (C=O) groups is 1. The van der Waals surface area contributed by atoms with Crippen LogP contribution in [-0.2, 0) is 11.2 Å². The van der Waals surface area contributed by atoms with Gasteiger partial charge in [0.2, 0.25) is 6.17 Å². The zero-order valence-corrected chi connectivity index (χ0v) is 13.5. The van der Waals surface area contributed by atoms with Crippen LogP contribution in [0.25, 0.3) is 0 Å². The number of hydrogen-bond acceptors (Lipinski definition) is 2. The molecule has 1 aromatic carbocycles. The lowest BCUT2D eigenvalue weighted by molar-refractivity contribution is -0.309. The van der Waals surface area contributed by atoms with Crippen molar-refractivity contribution in [3.63, 3.8) is 0 Å². The molecule has 0 amide bonds. The first kappa shape index (κ1) is 22.2. The molecular formula is C16H16F8O2. The van der Waals surface area contributed by atoms with Crippen LogP contribution < -0.4 is 0 Å². The summed E-state index contributed by atoms with van der Waals surface area (Å²) in [7, 11) is 0. The molecule has 0 saturated heterocycles. The number of ether oxygens (including phenoxy) is 1. The van der Waals surface area contributed by atoms with Crippen molar-refractivity contribution in [1.82, 2.24) is 0 Å². The smallest absolute Gasteiger partial charge is 0.378 e. The summed E-state index contributed by atoms with van der Waals surface area (Å²) in [4.78, 5) is 11.6. The molecule has 0 aliphatic heterocycles.